The van der Waals surface area contributed by atoms with Gasteiger partial charge in [0, 0.05) is 10.7 Å². The number of hydrogen-bond acceptors (Lipinski definition) is 3. The first-order chi connectivity index (χ1) is 9.56. The fraction of sp³-hybridized carbons (Fsp3) is 0.143. The van der Waals surface area contributed by atoms with E-state index in [1.165, 1.54) is 23.9 Å². The third-order valence-corrected chi connectivity index (χ3v) is 4.04. The van der Waals surface area contributed by atoms with E-state index in [4.69, 9.17) is 0 Å². The molecule has 20 heavy (non-hydrogen) atoms. The quantitative estimate of drug-likeness (QED) is 0.840. The highest BCUT2D eigenvalue weighted by atomic mass is 79.9. The molecule has 6 heteroatoms. The molecule has 1 N–H and O–H groups in total. The van der Waals surface area contributed by atoms with Crippen molar-refractivity contribution in [1.29, 1.82) is 0 Å². The van der Waals surface area contributed by atoms with E-state index >= 15 is 0 Å². The highest BCUT2D eigenvalue weighted by Gasteiger charge is 2.16. The maximum atomic E-state index is 13.6. The molecule has 1 atom stereocenters. The molecule has 0 radical (unpaired) electrons. The number of thioether (sulfide) groups is 1. The van der Waals surface area contributed by atoms with Gasteiger partial charge in [-0.1, -0.05) is 33.8 Å². The average molecular weight is 355 g/mol. The summed E-state index contributed by atoms with van der Waals surface area (Å²) in [4.78, 5) is 16.2. The zero-order valence-electron chi connectivity index (χ0n) is 10.6. The Bertz CT molecular complexity index is 609. The third-order valence-electron chi connectivity index (χ3n) is 2.49. The van der Waals surface area contributed by atoms with Crippen molar-refractivity contribution in [2.24, 2.45) is 0 Å². The molecule has 0 fully saturated rings. The minimum Gasteiger partial charge on any atom is -0.323 e. The summed E-state index contributed by atoms with van der Waals surface area (Å²) < 4.78 is 14.3. The van der Waals surface area contributed by atoms with Gasteiger partial charge in [-0.3, -0.25) is 4.79 Å². The van der Waals surface area contributed by atoms with Crippen LogP contribution < -0.4 is 5.32 Å². The average Bonchev–Trinajstić information content (AvgIpc) is 2.43. The molecule has 0 saturated carbocycles. The number of nitrogens with one attached hydrogen (secondary N) is 1. The Morgan fingerprint density at radius 2 is 2.20 bits per heavy atom. The molecular formula is C14H12BrFN2OS. The fourth-order valence-corrected chi connectivity index (χ4v) is 2.62. The minimum atomic E-state index is -0.470. The zero-order chi connectivity index (χ0) is 14.5. The number of carbonyl (C=O) groups excluding carboxylic acids is 1. The second kappa shape index (κ2) is 6.85. The number of aromatic nitrogens is 1. The van der Waals surface area contributed by atoms with Crippen LogP contribution >= 0.6 is 27.7 Å². The molecule has 2 rings (SSSR count). The fourth-order valence-electron chi connectivity index (χ4n) is 1.48. The van der Waals surface area contributed by atoms with Crippen molar-refractivity contribution in [3.05, 3.63) is 52.9 Å². The van der Waals surface area contributed by atoms with E-state index in [2.05, 4.69) is 26.2 Å². The molecule has 0 bridgehead atoms. The van der Waals surface area contributed by atoms with Crippen LogP contribution in [0.2, 0.25) is 0 Å². The van der Waals surface area contributed by atoms with Gasteiger partial charge >= 0.3 is 0 Å². The highest BCUT2D eigenvalue weighted by molar-refractivity contribution is 9.10. The van der Waals surface area contributed by atoms with Gasteiger partial charge in [0.05, 0.1) is 16.0 Å². The molecule has 0 aliphatic carbocycles. The number of amides is 1. The van der Waals surface area contributed by atoms with Crippen molar-refractivity contribution in [3.8, 4) is 0 Å². The molecule has 0 spiro atoms. The monoisotopic (exact) mass is 354 g/mol. The van der Waals surface area contributed by atoms with Gasteiger partial charge in [0.15, 0.2) is 0 Å². The molecular weight excluding hydrogens is 343 g/mol. The molecule has 1 aromatic heterocycles. The van der Waals surface area contributed by atoms with E-state index in [1.54, 1.807) is 19.2 Å². The lowest BCUT2D eigenvalue weighted by molar-refractivity contribution is -0.115. The molecule has 0 saturated heterocycles. The maximum Gasteiger partial charge on any atom is 0.237 e. The zero-order valence-corrected chi connectivity index (χ0v) is 13.0. The number of carbonyl (C=O) groups is 1. The number of halogens is 2. The van der Waals surface area contributed by atoms with Crippen molar-refractivity contribution in [3.63, 3.8) is 0 Å². The Balaban J connectivity index is 2.01. The molecule has 0 aliphatic heterocycles. The number of rotatable bonds is 4. The van der Waals surface area contributed by atoms with E-state index in [0.29, 0.717) is 4.47 Å². The van der Waals surface area contributed by atoms with Crippen LogP contribution in [0.25, 0.3) is 0 Å². The lowest BCUT2D eigenvalue weighted by atomic mass is 10.3. The molecule has 1 aromatic carbocycles. The lowest BCUT2D eigenvalue weighted by Gasteiger charge is -2.12. The van der Waals surface area contributed by atoms with Crippen molar-refractivity contribution in [2.75, 3.05) is 5.32 Å². The summed E-state index contributed by atoms with van der Waals surface area (Å²) in [6.07, 6.45) is 1.67. The molecule has 1 heterocycles. The number of benzene rings is 1. The van der Waals surface area contributed by atoms with Crippen LogP contribution in [0.1, 0.15) is 6.92 Å². The Labute approximate surface area is 129 Å². The van der Waals surface area contributed by atoms with Gasteiger partial charge in [-0.05, 0) is 37.3 Å². The third kappa shape index (κ3) is 4.05. The number of nitrogens with zero attached hydrogens (tertiary/aromatic N) is 1. The predicted octanol–water partition coefficient (Wildman–Crippen LogP) is 4.10. The molecule has 1 amide bonds. The first-order valence-corrected chi connectivity index (χ1v) is 7.57. The van der Waals surface area contributed by atoms with E-state index in [-0.39, 0.29) is 16.8 Å². The molecule has 0 aliphatic rings. The molecule has 104 valence electrons. The Morgan fingerprint density at radius 1 is 1.40 bits per heavy atom. The van der Waals surface area contributed by atoms with Crippen molar-refractivity contribution in [2.45, 2.75) is 17.2 Å². The topological polar surface area (TPSA) is 42.0 Å². The highest BCUT2D eigenvalue weighted by Crippen LogP contribution is 2.23. The van der Waals surface area contributed by atoms with Crippen LogP contribution in [0.4, 0.5) is 10.1 Å². The van der Waals surface area contributed by atoms with Crippen LogP contribution in [-0.4, -0.2) is 16.1 Å². The SMILES string of the molecule is C[C@H](Sc1ccccn1)C(=O)Nc1ccc(Br)cc1F. The predicted molar refractivity (Wildman–Crippen MR) is 82.3 cm³/mol. The second-order valence-corrected chi connectivity index (χ2v) is 6.32. The normalized spacial score (nSPS) is 11.9. The minimum absolute atomic E-state index is 0.173. The van der Waals surface area contributed by atoms with Crippen LogP contribution in [0.15, 0.2) is 52.1 Å². The van der Waals surface area contributed by atoms with E-state index in [9.17, 15) is 9.18 Å². The van der Waals surface area contributed by atoms with Gasteiger partial charge in [0.25, 0.3) is 0 Å². The van der Waals surface area contributed by atoms with Crippen LogP contribution in [0.3, 0.4) is 0 Å². The Hall–Kier alpha value is -1.40. The lowest BCUT2D eigenvalue weighted by Crippen LogP contribution is -2.23. The molecule has 0 unspecified atom stereocenters. The summed E-state index contributed by atoms with van der Waals surface area (Å²) in [5.74, 6) is -0.732. The maximum absolute atomic E-state index is 13.6. The van der Waals surface area contributed by atoms with Crippen molar-refractivity contribution >= 4 is 39.3 Å². The van der Waals surface area contributed by atoms with Gasteiger partial charge < -0.3 is 5.32 Å². The first-order valence-electron chi connectivity index (χ1n) is 5.90. The van der Waals surface area contributed by atoms with Gasteiger partial charge in [-0.2, -0.15) is 0 Å². The Morgan fingerprint density at radius 3 is 2.85 bits per heavy atom. The van der Waals surface area contributed by atoms with E-state index in [1.807, 2.05) is 18.2 Å². The smallest absolute Gasteiger partial charge is 0.237 e. The number of hydrogen-bond donors (Lipinski definition) is 1. The van der Waals surface area contributed by atoms with Gasteiger partial charge in [-0.25, -0.2) is 9.37 Å². The summed E-state index contributed by atoms with van der Waals surface area (Å²) in [5.41, 5.74) is 0.173. The summed E-state index contributed by atoms with van der Waals surface area (Å²) in [6, 6.07) is 10.0. The second-order valence-electron chi connectivity index (χ2n) is 4.04. The van der Waals surface area contributed by atoms with Gasteiger partial charge in [-0.15, -0.1) is 0 Å². The van der Waals surface area contributed by atoms with Crippen molar-refractivity contribution in [1.82, 2.24) is 4.98 Å². The van der Waals surface area contributed by atoms with Crippen molar-refractivity contribution < 1.29 is 9.18 Å². The van der Waals surface area contributed by atoms with Gasteiger partial charge in [0.1, 0.15) is 5.82 Å². The summed E-state index contributed by atoms with van der Waals surface area (Å²) in [6.45, 7) is 1.76. The first kappa shape index (κ1) is 15.0. The Kier molecular flexibility index (Phi) is 5.14. The van der Waals surface area contributed by atoms with Crippen LogP contribution in [-0.2, 0) is 4.79 Å². The largest absolute Gasteiger partial charge is 0.323 e. The van der Waals surface area contributed by atoms with E-state index in [0.717, 1.165) is 5.03 Å². The van der Waals surface area contributed by atoms with Crippen LogP contribution in [0.5, 0.6) is 0 Å². The molecule has 3 nitrogen and oxygen atoms in total. The number of anilines is 1. The summed E-state index contributed by atoms with van der Waals surface area (Å²) in [7, 11) is 0. The van der Waals surface area contributed by atoms with Gasteiger partial charge in [0.2, 0.25) is 5.91 Å². The number of pyridine rings is 1. The van der Waals surface area contributed by atoms with E-state index < -0.39 is 5.82 Å². The molecule has 2 aromatic rings. The standard InChI is InChI=1S/C14H12BrFN2OS/c1-9(20-13-4-2-3-7-17-13)14(19)18-12-6-5-10(15)8-11(12)16/h2-9H,1H3,(H,18,19)/t9-/m0/s1. The van der Waals surface area contributed by atoms with Crippen LogP contribution in [0, 0.1) is 5.82 Å². The summed E-state index contributed by atoms with van der Waals surface area (Å²) >= 11 is 4.50. The summed E-state index contributed by atoms with van der Waals surface area (Å²) in [5, 5.41) is 2.96.